The third-order valence-electron chi connectivity index (χ3n) is 2.36. The van der Waals surface area contributed by atoms with Gasteiger partial charge in [0.05, 0.1) is 5.39 Å². The largest absolute Gasteiger partial charge is 0.435 e. The van der Waals surface area contributed by atoms with Crippen molar-refractivity contribution in [1.82, 2.24) is 15.0 Å². The van der Waals surface area contributed by atoms with E-state index in [0.717, 1.165) is 5.39 Å². The summed E-state index contributed by atoms with van der Waals surface area (Å²) in [6, 6.07) is 7.98. The fourth-order valence-electron chi connectivity index (χ4n) is 1.56. The van der Waals surface area contributed by atoms with E-state index in [9.17, 15) is 4.39 Å². The number of aromatic amines is 1. The number of H-pyrrole nitrogens is 1. The smallest absolute Gasteiger partial charge is 0.231 e. The zero-order chi connectivity index (χ0) is 11.7. The number of fused-ring (bicyclic) bond motifs is 1. The van der Waals surface area contributed by atoms with E-state index in [1.807, 2.05) is 0 Å². The molecule has 0 radical (unpaired) electrons. The van der Waals surface area contributed by atoms with E-state index in [1.165, 1.54) is 12.4 Å². The van der Waals surface area contributed by atoms with E-state index >= 15 is 0 Å². The number of nitrogens with one attached hydrogen (secondary N) is 1. The second kappa shape index (κ2) is 3.86. The zero-order valence-electron chi connectivity index (χ0n) is 8.72. The number of ether oxygens (including phenoxy) is 1. The standard InChI is InChI=1S/C12H8FN3O/c13-9-3-1-2-4-10(9)17-12-8-5-6-14-11(8)15-7-16-12/h1-7H,(H,14,15,16). The van der Waals surface area contributed by atoms with Crippen LogP contribution in [-0.4, -0.2) is 15.0 Å². The Kier molecular flexibility index (Phi) is 2.22. The van der Waals surface area contributed by atoms with Gasteiger partial charge >= 0.3 is 0 Å². The van der Waals surface area contributed by atoms with Gasteiger partial charge in [-0.3, -0.25) is 0 Å². The van der Waals surface area contributed by atoms with Gasteiger partial charge in [-0.25, -0.2) is 14.4 Å². The maximum absolute atomic E-state index is 13.4. The van der Waals surface area contributed by atoms with Gasteiger partial charge in [0, 0.05) is 6.20 Å². The third-order valence-corrected chi connectivity index (χ3v) is 2.36. The minimum Gasteiger partial charge on any atom is -0.435 e. The molecule has 0 spiro atoms. The summed E-state index contributed by atoms with van der Waals surface area (Å²) in [5.41, 5.74) is 0.659. The predicted octanol–water partition coefficient (Wildman–Crippen LogP) is 2.89. The Morgan fingerprint density at radius 3 is 2.88 bits per heavy atom. The maximum Gasteiger partial charge on any atom is 0.231 e. The van der Waals surface area contributed by atoms with Gasteiger partial charge in [-0.15, -0.1) is 0 Å². The molecule has 4 nitrogen and oxygen atoms in total. The van der Waals surface area contributed by atoms with E-state index in [2.05, 4.69) is 15.0 Å². The number of rotatable bonds is 2. The average Bonchev–Trinajstić information content (AvgIpc) is 2.81. The fraction of sp³-hybridized carbons (Fsp3) is 0. The maximum atomic E-state index is 13.4. The van der Waals surface area contributed by atoms with Gasteiger partial charge in [0.2, 0.25) is 5.88 Å². The molecule has 0 unspecified atom stereocenters. The van der Waals surface area contributed by atoms with Crippen LogP contribution in [0.5, 0.6) is 11.6 Å². The van der Waals surface area contributed by atoms with Gasteiger partial charge in [0.1, 0.15) is 12.0 Å². The highest BCUT2D eigenvalue weighted by Gasteiger charge is 2.09. The summed E-state index contributed by atoms with van der Waals surface area (Å²) in [7, 11) is 0. The van der Waals surface area contributed by atoms with Gasteiger partial charge in [-0.1, -0.05) is 12.1 Å². The first kappa shape index (κ1) is 9.77. The lowest BCUT2D eigenvalue weighted by Crippen LogP contribution is -1.92. The zero-order valence-corrected chi connectivity index (χ0v) is 8.72. The lowest BCUT2D eigenvalue weighted by molar-refractivity contribution is 0.431. The first-order valence-corrected chi connectivity index (χ1v) is 5.05. The van der Waals surface area contributed by atoms with Gasteiger partial charge in [0.25, 0.3) is 0 Å². The highest BCUT2D eigenvalue weighted by molar-refractivity contribution is 5.80. The summed E-state index contributed by atoms with van der Waals surface area (Å²) >= 11 is 0. The molecule has 2 aromatic heterocycles. The molecule has 17 heavy (non-hydrogen) atoms. The molecule has 84 valence electrons. The van der Waals surface area contributed by atoms with Crippen LogP contribution in [0.4, 0.5) is 4.39 Å². The van der Waals surface area contributed by atoms with Gasteiger partial charge < -0.3 is 9.72 Å². The minimum absolute atomic E-state index is 0.147. The van der Waals surface area contributed by atoms with Gasteiger partial charge in [-0.2, -0.15) is 0 Å². The first-order valence-electron chi connectivity index (χ1n) is 5.05. The SMILES string of the molecule is Fc1ccccc1Oc1ncnc2[nH]ccc12. The lowest BCUT2D eigenvalue weighted by Gasteiger charge is -2.05. The van der Waals surface area contributed by atoms with Crippen molar-refractivity contribution < 1.29 is 9.13 Å². The van der Waals surface area contributed by atoms with Crippen molar-refractivity contribution in [3.05, 3.63) is 48.7 Å². The van der Waals surface area contributed by atoms with Gasteiger partial charge in [-0.05, 0) is 18.2 Å². The van der Waals surface area contributed by atoms with E-state index in [4.69, 9.17) is 4.74 Å². The normalized spacial score (nSPS) is 10.6. The first-order chi connectivity index (χ1) is 8.34. The van der Waals surface area contributed by atoms with Crippen LogP contribution in [0, 0.1) is 5.82 Å². The van der Waals surface area contributed by atoms with Crippen molar-refractivity contribution in [2.75, 3.05) is 0 Å². The number of para-hydroxylation sites is 1. The highest BCUT2D eigenvalue weighted by atomic mass is 19.1. The molecule has 0 saturated heterocycles. The molecule has 0 aliphatic heterocycles. The predicted molar refractivity (Wildman–Crippen MR) is 60.4 cm³/mol. The summed E-state index contributed by atoms with van der Waals surface area (Å²) in [6.45, 7) is 0. The minimum atomic E-state index is -0.421. The molecule has 0 aliphatic rings. The van der Waals surface area contributed by atoms with Crippen LogP contribution in [0.2, 0.25) is 0 Å². The highest BCUT2D eigenvalue weighted by Crippen LogP contribution is 2.27. The molecule has 1 aromatic carbocycles. The summed E-state index contributed by atoms with van der Waals surface area (Å²) in [5, 5.41) is 0.718. The number of hydrogen-bond donors (Lipinski definition) is 1. The average molecular weight is 229 g/mol. The summed E-state index contributed by atoms with van der Waals surface area (Å²) in [4.78, 5) is 11.0. The van der Waals surface area contributed by atoms with E-state index in [-0.39, 0.29) is 5.75 Å². The number of aromatic nitrogens is 3. The van der Waals surface area contributed by atoms with Crippen LogP contribution in [0.1, 0.15) is 0 Å². The summed E-state index contributed by atoms with van der Waals surface area (Å²) < 4.78 is 18.9. The second-order valence-corrected chi connectivity index (χ2v) is 3.45. The number of benzene rings is 1. The molecule has 0 bridgehead atoms. The van der Waals surface area contributed by atoms with Crippen molar-refractivity contribution in [2.24, 2.45) is 0 Å². The van der Waals surface area contributed by atoms with Gasteiger partial charge in [0.15, 0.2) is 11.6 Å². The Balaban J connectivity index is 2.06. The molecule has 1 N–H and O–H groups in total. The molecule has 0 fully saturated rings. The Bertz CT molecular complexity index is 665. The Morgan fingerprint density at radius 1 is 1.12 bits per heavy atom. The van der Waals surface area contributed by atoms with Crippen molar-refractivity contribution in [1.29, 1.82) is 0 Å². The number of hydrogen-bond acceptors (Lipinski definition) is 3. The van der Waals surface area contributed by atoms with Crippen molar-refractivity contribution >= 4 is 11.0 Å². The van der Waals surface area contributed by atoms with Crippen LogP contribution in [-0.2, 0) is 0 Å². The lowest BCUT2D eigenvalue weighted by atomic mass is 10.3. The summed E-state index contributed by atoms with van der Waals surface area (Å²) in [6.07, 6.45) is 3.10. The fourth-order valence-corrected chi connectivity index (χ4v) is 1.56. The second-order valence-electron chi connectivity index (χ2n) is 3.45. The number of nitrogens with zero attached hydrogens (tertiary/aromatic N) is 2. The van der Waals surface area contributed by atoms with E-state index in [0.29, 0.717) is 11.5 Å². The van der Waals surface area contributed by atoms with Crippen LogP contribution in [0.25, 0.3) is 11.0 Å². The number of halogens is 1. The van der Waals surface area contributed by atoms with Crippen LogP contribution < -0.4 is 4.74 Å². The van der Waals surface area contributed by atoms with Crippen molar-refractivity contribution in [2.45, 2.75) is 0 Å². The van der Waals surface area contributed by atoms with E-state index in [1.54, 1.807) is 30.5 Å². The monoisotopic (exact) mass is 229 g/mol. The molecule has 0 amide bonds. The molecule has 3 aromatic rings. The third kappa shape index (κ3) is 1.71. The topological polar surface area (TPSA) is 50.8 Å². The Morgan fingerprint density at radius 2 is 2.00 bits per heavy atom. The van der Waals surface area contributed by atoms with Crippen LogP contribution in [0.15, 0.2) is 42.9 Å². The molecule has 5 heteroatoms. The molecular formula is C12H8FN3O. The molecule has 0 saturated carbocycles. The Labute approximate surface area is 96.1 Å². The molecule has 0 aliphatic carbocycles. The van der Waals surface area contributed by atoms with Crippen LogP contribution in [0.3, 0.4) is 0 Å². The molecule has 0 atom stereocenters. The van der Waals surface area contributed by atoms with Crippen LogP contribution >= 0.6 is 0 Å². The van der Waals surface area contributed by atoms with Crippen molar-refractivity contribution in [3.63, 3.8) is 0 Å². The summed E-state index contributed by atoms with van der Waals surface area (Å²) in [5.74, 6) is 0.0600. The van der Waals surface area contributed by atoms with E-state index < -0.39 is 5.82 Å². The Hall–Kier alpha value is -2.43. The quantitative estimate of drug-likeness (QED) is 0.735. The molecule has 2 heterocycles. The molecule has 3 rings (SSSR count). The molecular weight excluding hydrogens is 221 g/mol. The van der Waals surface area contributed by atoms with Crippen molar-refractivity contribution in [3.8, 4) is 11.6 Å².